The van der Waals surface area contributed by atoms with E-state index in [9.17, 15) is 27.6 Å². The van der Waals surface area contributed by atoms with E-state index in [0.717, 1.165) is 27.7 Å². The van der Waals surface area contributed by atoms with Gasteiger partial charge in [-0.05, 0) is 0 Å². The fraction of sp³-hybridized carbons (Fsp3) is 0.714. The van der Waals surface area contributed by atoms with Gasteiger partial charge in [0.1, 0.15) is 12.7 Å². The van der Waals surface area contributed by atoms with Crippen LogP contribution >= 0.6 is 0 Å². The van der Waals surface area contributed by atoms with Gasteiger partial charge in [0.15, 0.2) is 18.3 Å². The van der Waals surface area contributed by atoms with Crippen molar-refractivity contribution in [2.45, 2.75) is 57.5 Å². The van der Waals surface area contributed by atoms with E-state index in [-0.39, 0.29) is 0 Å². The van der Waals surface area contributed by atoms with Gasteiger partial charge >= 0.3 is 23.9 Å². The molecule has 0 bridgehead atoms. The zero-order valence-corrected chi connectivity index (χ0v) is 15.9. The fourth-order valence-corrected chi connectivity index (χ4v) is 3.33. The molecule has 1 fully saturated rings. The molecule has 0 radical (unpaired) electrons. The fourth-order valence-electron chi connectivity index (χ4n) is 2.46. The standard InChI is InChI=1S/C14H21NO11S/c1-6(16)22-5-10(23-7(2)17)11-12(24-8(3)18)13(25-9(4)19)14(26-11)27(15,20)21/h10-14H,5H2,1-4H3,(H2,15,20,21)/t10-,11-,12+,13-,14+/m1/s1. The van der Waals surface area contributed by atoms with Gasteiger partial charge in [-0.2, -0.15) is 0 Å². The van der Waals surface area contributed by atoms with Crippen LogP contribution in [0.25, 0.3) is 0 Å². The predicted octanol–water partition coefficient (Wildman–Crippen LogP) is -1.64. The van der Waals surface area contributed by atoms with Crippen LogP contribution in [0.5, 0.6) is 0 Å². The predicted molar refractivity (Wildman–Crippen MR) is 85.1 cm³/mol. The first-order chi connectivity index (χ1) is 12.3. The van der Waals surface area contributed by atoms with Crippen molar-refractivity contribution in [1.29, 1.82) is 0 Å². The van der Waals surface area contributed by atoms with Crippen LogP contribution in [0.3, 0.4) is 0 Å². The maximum Gasteiger partial charge on any atom is 0.303 e. The normalized spacial score (nSPS) is 26.0. The van der Waals surface area contributed by atoms with Crippen molar-refractivity contribution in [3.8, 4) is 0 Å². The number of hydrogen-bond donors (Lipinski definition) is 1. The van der Waals surface area contributed by atoms with Gasteiger partial charge in [-0.25, -0.2) is 13.6 Å². The van der Waals surface area contributed by atoms with E-state index in [1.54, 1.807) is 0 Å². The quantitative estimate of drug-likeness (QED) is 0.375. The van der Waals surface area contributed by atoms with E-state index >= 15 is 0 Å². The lowest BCUT2D eigenvalue weighted by molar-refractivity contribution is -0.176. The van der Waals surface area contributed by atoms with Crippen LogP contribution in [-0.2, 0) is 52.9 Å². The van der Waals surface area contributed by atoms with Crippen molar-refractivity contribution < 1.29 is 51.3 Å². The van der Waals surface area contributed by atoms with E-state index in [4.69, 9.17) is 28.8 Å². The highest BCUT2D eigenvalue weighted by molar-refractivity contribution is 7.89. The monoisotopic (exact) mass is 411 g/mol. The van der Waals surface area contributed by atoms with Crippen molar-refractivity contribution >= 4 is 33.9 Å². The molecule has 154 valence electrons. The lowest BCUT2D eigenvalue weighted by Crippen LogP contribution is -2.47. The number of rotatable bonds is 7. The van der Waals surface area contributed by atoms with Gasteiger partial charge < -0.3 is 23.7 Å². The Morgan fingerprint density at radius 3 is 1.85 bits per heavy atom. The molecule has 1 aliphatic rings. The Labute approximate surface area is 155 Å². The maximum absolute atomic E-state index is 11.8. The van der Waals surface area contributed by atoms with Crippen molar-refractivity contribution in [2.24, 2.45) is 5.14 Å². The molecular weight excluding hydrogens is 390 g/mol. The molecule has 1 saturated heterocycles. The Hall–Kier alpha value is -2.25. The Bertz CT molecular complexity index is 704. The summed E-state index contributed by atoms with van der Waals surface area (Å²) >= 11 is 0. The lowest BCUT2D eigenvalue weighted by Gasteiger charge is -2.27. The lowest BCUT2D eigenvalue weighted by atomic mass is 10.1. The molecule has 2 N–H and O–H groups in total. The van der Waals surface area contributed by atoms with E-state index in [0.29, 0.717) is 0 Å². The Morgan fingerprint density at radius 1 is 0.926 bits per heavy atom. The molecular formula is C14H21NO11S. The smallest absolute Gasteiger partial charge is 0.303 e. The average molecular weight is 411 g/mol. The number of nitrogens with two attached hydrogens (primary N) is 1. The molecule has 0 spiro atoms. The van der Waals surface area contributed by atoms with E-state index in [1.807, 2.05) is 0 Å². The second-order valence-corrected chi connectivity index (χ2v) is 7.30. The van der Waals surface area contributed by atoms with Gasteiger partial charge in [0.25, 0.3) is 0 Å². The van der Waals surface area contributed by atoms with Crippen LogP contribution in [0.15, 0.2) is 0 Å². The van der Waals surface area contributed by atoms with Gasteiger partial charge in [0.2, 0.25) is 15.5 Å². The first-order valence-electron chi connectivity index (χ1n) is 7.65. The summed E-state index contributed by atoms with van der Waals surface area (Å²) in [6.45, 7) is 3.65. The number of esters is 4. The minimum Gasteiger partial charge on any atom is -0.462 e. The van der Waals surface area contributed by atoms with Crippen molar-refractivity contribution in [2.75, 3.05) is 6.61 Å². The van der Waals surface area contributed by atoms with Crippen LogP contribution in [0.2, 0.25) is 0 Å². The second-order valence-electron chi connectivity index (χ2n) is 5.66. The Morgan fingerprint density at radius 2 is 1.44 bits per heavy atom. The number of ether oxygens (including phenoxy) is 5. The van der Waals surface area contributed by atoms with Gasteiger partial charge in [0, 0.05) is 27.7 Å². The van der Waals surface area contributed by atoms with Gasteiger partial charge in [-0.1, -0.05) is 0 Å². The molecule has 0 aromatic rings. The summed E-state index contributed by atoms with van der Waals surface area (Å²) in [4.78, 5) is 45.3. The van der Waals surface area contributed by atoms with Gasteiger partial charge in [0.05, 0.1) is 0 Å². The van der Waals surface area contributed by atoms with Gasteiger partial charge in [-0.3, -0.25) is 19.2 Å². The van der Waals surface area contributed by atoms with Crippen LogP contribution < -0.4 is 5.14 Å². The first kappa shape index (κ1) is 22.8. The molecule has 13 heteroatoms. The molecule has 0 aromatic carbocycles. The SMILES string of the molecule is CC(=O)OC[C@@H](OC(C)=O)[C@H]1O[C@@H](S(N)(=O)=O)[C@H](OC(C)=O)[C@H]1OC(C)=O. The zero-order valence-electron chi connectivity index (χ0n) is 15.1. The molecule has 12 nitrogen and oxygen atoms in total. The third-order valence-corrected chi connectivity index (χ3v) is 4.30. The summed E-state index contributed by atoms with van der Waals surface area (Å²) in [6.07, 6.45) is -5.91. The number of sulfonamides is 1. The highest BCUT2D eigenvalue weighted by atomic mass is 32.2. The van der Waals surface area contributed by atoms with Crippen molar-refractivity contribution in [1.82, 2.24) is 0 Å². The molecule has 0 amide bonds. The molecule has 1 aliphatic heterocycles. The van der Waals surface area contributed by atoms with Crippen LogP contribution in [0.1, 0.15) is 27.7 Å². The van der Waals surface area contributed by atoms with Crippen LogP contribution in [-0.4, -0.2) is 68.8 Å². The maximum atomic E-state index is 11.8. The largest absolute Gasteiger partial charge is 0.462 e. The second kappa shape index (κ2) is 9.10. The molecule has 0 saturated carbocycles. The Kier molecular flexibility index (Phi) is 7.68. The van der Waals surface area contributed by atoms with E-state index in [1.165, 1.54) is 0 Å². The molecule has 0 unspecified atom stereocenters. The highest BCUT2D eigenvalue weighted by Gasteiger charge is 2.57. The topological polar surface area (TPSA) is 175 Å². The number of carbonyl (C=O) groups is 4. The molecule has 1 heterocycles. The summed E-state index contributed by atoms with van der Waals surface area (Å²) in [5.74, 6) is -3.26. The molecule has 0 aromatic heterocycles. The van der Waals surface area contributed by atoms with E-state index in [2.05, 4.69) is 0 Å². The van der Waals surface area contributed by atoms with Gasteiger partial charge in [-0.15, -0.1) is 0 Å². The molecule has 0 aliphatic carbocycles. The third-order valence-electron chi connectivity index (χ3n) is 3.27. The minimum absolute atomic E-state index is 0.526. The third kappa shape index (κ3) is 6.77. The number of hydrogen-bond acceptors (Lipinski definition) is 11. The van der Waals surface area contributed by atoms with Crippen molar-refractivity contribution in [3.05, 3.63) is 0 Å². The van der Waals surface area contributed by atoms with E-state index < -0.39 is 70.4 Å². The molecule has 27 heavy (non-hydrogen) atoms. The summed E-state index contributed by atoms with van der Waals surface area (Å²) in [5.41, 5.74) is -1.90. The summed E-state index contributed by atoms with van der Waals surface area (Å²) in [7, 11) is -4.43. The summed E-state index contributed by atoms with van der Waals surface area (Å²) < 4.78 is 48.7. The summed E-state index contributed by atoms with van der Waals surface area (Å²) in [5, 5.41) is 5.11. The molecule has 5 atom stereocenters. The minimum atomic E-state index is -4.43. The molecule has 1 rings (SSSR count). The Balaban J connectivity index is 3.31. The van der Waals surface area contributed by atoms with Crippen LogP contribution in [0, 0.1) is 0 Å². The van der Waals surface area contributed by atoms with Crippen LogP contribution in [0.4, 0.5) is 0 Å². The highest BCUT2D eigenvalue weighted by Crippen LogP contribution is 2.32. The zero-order chi connectivity index (χ0) is 20.9. The number of primary sulfonamides is 1. The number of carbonyl (C=O) groups excluding carboxylic acids is 4. The van der Waals surface area contributed by atoms with Crippen molar-refractivity contribution in [3.63, 3.8) is 0 Å². The average Bonchev–Trinajstić information content (AvgIpc) is 2.80. The first-order valence-corrected chi connectivity index (χ1v) is 9.26. The summed E-state index contributed by atoms with van der Waals surface area (Å²) in [6, 6.07) is 0.